The third-order valence-electron chi connectivity index (χ3n) is 2.41. The third kappa shape index (κ3) is 3.82. The quantitative estimate of drug-likeness (QED) is 0.814. The van der Waals surface area contributed by atoms with Gasteiger partial charge in [0.1, 0.15) is 6.10 Å². The van der Waals surface area contributed by atoms with E-state index < -0.39 is 12.2 Å². The first-order valence-corrected chi connectivity index (χ1v) is 5.64. The molecule has 0 fully saturated rings. The van der Waals surface area contributed by atoms with E-state index in [0.29, 0.717) is 17.0 Å². The molecule has 0 unspecified atom stereocenters. The maximum absolute atomic E-state index is 9.83. The Kier molecular flexibility index (Phi) is 5.09. The van der Waals surface area contributed by atoms with Crippen LogP contribution in [0.4, 0.5) is 0 Å². The van der Waals surface area contributed by atoms with Crippen LogP contribution in [0.25, 0.3) is 0 Å². The van der Waals surface area contributed by atoms with Crippen LogP contribution in [-0.2, 0) is 0 Å². The maximum atomic E-state index is 9.83. The van der Waals surface area contributed by atoms with Crippen LogP contribution in [0.3, 0.4) is 0 Å². The summed E-state index contributed by atoms with van der Waals surface area (Å²) in [5, 5.41) is 20.1. The van der Waals surface area contributed by atoms with Crippen LogP contribution in [0.5, 0.6) is 0 Å². The Labute approximate surface area is 95.5 Å². The Morgan fingerprint density at radius 3 is 2.67 bits per heavy atom. The van der Waals surface area contributed by atoms with Crippen LogP contribution in [-0.4, -0.2) is 16.3 Å². The topological polar surface area (TPSA) is 40.5 Å². The molecule has 1 aromatic carbocycles. The first-order chi connectivity index (χ1) is 7.15. The summed E-state index contributed by atoms with van der Waals surface area (Å²) in [5.41, 5.74) is 0.672. The summed E-state index contributed by atoms with van der Waals surface area (Å²) in [6.07, 6.45) is 1.00. The molecule has 15 heavy (non-hydrogen) atoms. The highest BCUT2D eigenvalue weighted by atomic mass is 35.5. The second kappa shape index (κ2) is 6.11. The zero-order chi connectivity index (χ0) is 11.3. The number of halogens is 1. The van der Waals surface area contributed by atoms with Crippen LogP contribution in [0.15, 0.2) is 24.3 Å². The van der Waals surface area contributed by atoms with Gasteiger partial charge >= 0.3 is 0 Å². The molecule has 2 nitrogen and oxygen atoms in total. The van der Waals surface area contributed by atoms with E-state index in [0.717, 1.165) is 12.8 Å². The van der Waals surface area contributed by atoms with Crippen LogP contribution in [0, 0.1) is 0 Å². The van der Waals surface area contributed by atoms with Crippen LogP contribution < -0.4 is 0 Å². The van der Waals surface area contributed by atoms with Gasteiger partial charge in [-0.3, -0.25) is 0 Å². The average molecular weight is 229 g/mol. The highest BCUT2D eigenvalue weighted by Gasteiger charge is 2.17. The van der Waals surface area contributed by atoms with Gasteiger partial charge in [-0.1, -0.05) is 43.5 Å². The fraction of sp³-hybridized carbons (Fsp3) is 0.500. The Balaban J connectivity index is 2.62. The second-order valence-electron chi connectivity index (χ2n) is 3.71. The lowest BCUT2D eigenvalue weighted by Gasteiger charge is -2.17. The van der Waals surface area contributed by atoms with Crippen LogP contribution >= 0.6 is 11.6 Å². The molecule has 2 atom stereocenters. The first kappa shape index (κ1) is 12.5. The van der Waals surface area contributed by atoms with Gasteiger partial charge in [-0.2, -0.15) is 0 Å². The van der Waals surface area contributed by atoms with E-state index in [-0.39, 0.29) is 0 Å². The standard InChI is InChI=1S/C12H17ClO2/c1-2-3-7-11(14)12(15)9-5-4-6-10(13)8-9/h4-6,8,11-12,14-15H,2-3,7H2,1H3/t11-,12-/m1/s1. The number of unbranched alkanes of at least 4 members (excludes halogenated alkanes) is 1. The summed E-state index contributed by atoms with van der Waals surface area (Å²) in [4.78, 5) is 0. The second-order valence-corrected chi connectivity index (χ2v) is 4.15. The smallest absolute Gasteiger partial charge is 0.105 e. The largest absolute Gasteiger partial charge is 0.390 e. The molecule has 84 valence electrons. The molecular weight excluding hydrogens is 212 g/mol. The SMILES string of the molecule is CCCC[C@@H](O)[C@H](O)c1cccc(Cl)c1. The minimum atomic E-state index is -0.838. The number of aliphatic hydroxyl groups excluding tert-OH is 2. The van der Waals surface area contributed by atoms with E-state index in [4.69, 9.17) is 11.6 Å². The van der Waals surface area contributed by atoms with Crippen LogP contribution in [0.1, 0.15) is 37.9 Å². The molecular formula is C12H17ClO2. The van der Waals surface area contributed by atoms with Crippen molar-refractivity contribution in [1.82, 2.24) is 0 Å². The van der Waals surface area contributed by atoms with Crippen LogP contribution in [0.2, 0.25) is 5.02 Å². The molecule has 0 bridgehead atoms. The van der Waals surface area contributed by atoms with Crippen molar-refractivity contribution in [2.75, 3.05) is 0 Å². The molecule has 2 N–H and O–H groups in total. The van der Waals surface area contributed by atoms with Crippen molar-refractivity contribution in [1.29, 1.82) is 0 Å². The van der Waals surface area contributed by atoms with Crippen molar-refractivity contribution in [3.8, 4) is 0 Å². The number of hydrogen-bond donors (Lipinski definition) is 2. The molecule has 0 aliphatic heterocycles. The summed E-state index contributed by atoms with van der Waals surface area (Å²) in [6, 6.07) is 6.97. The Hall–Kier alpha value is -0.570. The van der Waals surface area contributed by atoms with E-state index in [1.807, 2.05) is 0 Å². The van der Waals surface area contributed by atoms with Crippen molar-refractivity contribution in [2.45, 2.75) is 38.4 Å². The van der Waals surface area contributed by atoms with Gasteiger partial charge in [0.25, 0.3) is 0 Å². The summed E-state index contributed by atoms with van der Waals surface area (Å²) < 4.78 is 0. The number of hydrogen-bond acceptors (Lipinski definition) is 2. The number of benzene rings is 1. The van der Waals surface area contributed by atoms with Gasteiger partial charge in [-0.25, -0.2) is 0 Å². The van der Waals surface area contributed by atoms with E-state index in [2.05, 4.69) is 6.92 Å². The predicted octanol–water partition coefficient (Wildman–Crippen LogP) is 2.92. The molecule has 0 saturated carbocycles. The van der Waals surface area contributed by atoms with Crippen molar-refractivity contribution < 1.29 is 10.2 Å². The molecule has 3 heteroatoms. The van der Waals surface area contributed by atoms with E-state index in [1.165, 1.54) is 0 Å². The van der Waals surface area contributed by atoms with Gasteiger partial charge in [-0.15, -0.1) is 0 Å². The third-order valence-corrected chi connectivity index (χ3v) is 2.64. The highest BCUT2D eigenvalue weighted by Crippen LogP contribution is 2.22. The zero-order valence-corrected chi connectivity index (χ0v) is 9.61. The van der Waals surface area contributed by atoms with Gasteiger partial charge in [0.05, 0.1) is 6.10 Å². The van der Waals surface area contributed by atoms with Crippen molar-refractivity contribution >= 4 is 11.6 Å². The average Bonchev–Trinajstić information content (AvgIpc) is 2.24. The van der Waals surface area contributed by atoms with Crippen molar-refractivity contribution in [3.63, 3.8) is 0 Å². The monoisotopic (exact) mass is 228 g/mol. The lowest BCUT2D eigenvalue weighted by molar-refractivity contribution is 0.0122. The molecule has 0 radical (unpaired) electrons. The van der Waals surface area contributed by atoms with Gasteiger partial charge in [0, 0.05) is 5.02 Å². The summed E-state index contributed by atoms with van der Waals surface area (Å²) >= 11 is 5.81. The van der Waals surface area contributed by atoms with Gasteiger partial charge < -0.3 is 10.2 Å². The fourth-order valence-electron chi connectivity index (χ4n) is 1.48. The lowest BCUT2D eigenvalue weighted by atomic mass is 10.0. The molecule has 0 amide bonds. The van der Waals surface area contributed by atoms with Gasteiger partial charge in [0.2, 0.25) is 0 Å². The van der Waals surface area contributed by atoms with Gasteiger partial charge in [0.15, 0.2) is 0 Å². The molecule has 1 aromatic rings. The molecule has 0 aliphatic rings. The van der Waals surface area contributed by atoms with E-state index in [1.54, 1.807) is 24.3 Å². The molecule has 0 saturated heterocycles. The Morgan fingerprint density at radius 2 is 2.07 bits per heavy atom. The predicted molar refractivity (Wildman–Crippen MR) is 61.9 cm³/mol. The summed E-state index contributed by atoms with van der Waals surface area (Å²) in [7, 11) is 0. The normalized spacial score (nSPS) is 14.9. The zero-order valence-electron chi connectivity index (χ0n) is 8.86. The molecule has 1 rings (SSSR count). The first-order valence-electron chi connectivity index (χ1n) is 5.26. The van der Waals surface area contributed by atoms with E-state index in [9.17, 15) is 10.2 Å². The Morgan fingerprint density at radius 1 is 1.33 bits per heavy atom. The fourth-order valence-corrected chi connectivity index (χ4v) is 1.68. The maximum Gasteiger partial charge on any atom is 0.105 e. The number of aliphatic hydroxyl groups is 2. The minimum absolute atomic E-state index is 0.578. The van der Waals surface area contributed by atoms with Gasteiger partial charge in [-0.05, 0) is 24.1 Å². The molecule has 0 spiro atoms. The lowest BCUT2D eigenvalue weighted by Crippen LogP contribution is -2.17. The number of rotatable bonds is 5. The van der Waals surface area contributed by atoms with Crippen molar-refractivity contribution in [3.05, 3.63) is 34.9 Å². The molecule has 0 heterocycles. The van der Waals surface area contributed by atoms with E-state index >= 15 is 0 Å². The Bertz CT molecular complexity index is 301. The molecule has 0 aromatic heterocycles. The molecule has 0 aliphatic carbocycles. The highest BCUT2D eigenvalue weighted by molar-refractivity contribution is 6.30. The summed E-state index contributed by atoms with van der Waals surface area (Å²) in [5.74, 6) is 0. The van der Waals surface area contributed by atoms with Crippen molar-refractivity contribution in [2.24, 2.45) is 0 Å². The minimum Gasteiger partial charge on any atom is -0.390 e. The summed E-state index contributed by atoms with van der Waals surface area (Å²) in [6.45, 7) is 2.05.